The Morgan fingerprint density at radius 1 is 1.15 bits per heavy atom. The molecule has 1 heterocycles. The van der Waals surface area contributed by atoms with Crippen LogP contribution in [0.4, 0.5) is 10.1 Å². The number of benzene rings is 2. The van der Waals surface area contributed by atoms with E-state index in [1.807, 2.05) is 24.3 Å². The van der Waals surface area contributed by atoms with Gasteiger partial charge in [0.25, 0.3) is 0 Å². The minimum absolute atomic E-state index is 0.0267. The number of carbonyl (C=O) groups excluding carboxylic acids is 2. The first-order valence-electron chi connectivity index (χ1n) is 8.28. The summed E-state index contributed by atoms with van der Waals surface area (Å²) in [6.07, 6.45) is 1.99. The predicted molar refractivity (Wildman–Crippen MR) is 99.2 cm³/mol. The Kier molecular flexibility index (Phi) is 5.02. The minimum atomic E-state index is -0.308. The van der Waals surface area contributed by atoms with E-state index >= 15 is 0 Å². The van der Waals surface area contributed by atoms with Crippen LogP contribution in [0.5, 0.6) is 0 Å². The number of aromatic amines is 1. The largest absolute Gasteiger partial charge is 0.361 e. The summed E-state index contributed by atoms with van der Waals surface area (Å²) >= 11 is 0. The molecule has 0 spiro atoms. The van der Waals surface area contributed by atoms with Crippen molar-refractivity contribution in [2.45, 2.75) is 19.9 Å². The fourth-order valence-electron chi connectivity index (χ4n) is 2.86. The molecule has 3 rings (SSSR count). The number of nitrogens with zero attached hydrogens (tertiary/aromatic N) is 1. The number of fused-ring (bicyclic) bond motifs is 1. The molecule has 0 saturated heterocycles. The van der Waals surface area contributed by atoms with E-state index in [2.05, 4.69) is 10.3 Å². The molecular formula is C20H20FN3O2. The highest BCUT2D eigenvalue weighted by molar-refractivity contribution is 5.89. The molecule has 0 aliphatic heterocycles. The van der Waals surface area contributed by atoms with E-state index < -0.39 is 0 Å². The number of halogens is 1. The monoisotopic (exact) mass is 353 g/mol. The van der Waals surface area contributed by atoms with Gasteiger partial charge in [0.1, 0.15) is 5.82 Å². The summed E-state index contributed by atoms with van der Waals surface area (Å²) in [5, 5.41) is 3.56. The number of anilines is 1. The average molecular weight is 353 g/mol. The Morgan fingerprint density at radius 2 is 1.88 bits per heavy atom. The minimum Gasteiger partial charge on any atom is -0.361 e. The summed E-state index contributed by atoms with van der Waals surface area (Å²) in [7, 11) is 1.75. The molecule has 6 heteroatoms. The Labute approximate surface area is 150 Å². The molecule has 0 atom stereocenters. The third kappa shape index (κ3) is 4.08. The smallest absolute Gasteiger partial charge is 0.227 e. The maximum atomic E-state index is 13.3. The second kappa shape index (κ2) is 7.39. The number of hydrogen-bond acceptors (Lipinski definition) is 2. The standard InChI is InChI=1S/C20H20FN3O2/c1-13(25)23-17-6-3-14(4-7-17)12-24(2)20(26)9-15-11-22-19-10-16(21)5-8-18(15)19/h3-8,10-11,22H,9,12H2,1-2H3,(H,23,25). The fourth-order valence-corrected chi connectivity index (χ4v) is 2.86. The number of H-pyrrole nitrogens is 1. The summed E-state index contributed by atoms with van der Waals surface area (Å²) < 4.78 is 13.3. The Morgan fingerprint density at radius 3 is 2.58 bits per heavy atom. The molecule has 0 radical (unpaired) electrons. The van der Waals surface area contributed by atoms with Crippen molar-refractivity contribution in [3.8, 4) is 0 Å². The number of likely N-dealkylation sites (N-methyl/N-ethyl adjacent to an activating group) is 1. The van der Waals surface area contributed by atoms with Crippen LogP contribution in [0, 0.1) is 5.82 Å². The molecule has 0 saturated carbocycles. The normalized spacial score (nSPS) is 10.7. The Bertz CT molecular complexity index is 947. The number of carbonyl (C=O) groups is 2. The first kappa shape index (κ1) is 17.7. The molecular weight excluding hydrogens is 333 g/mol. The zero-order valence-corrected chi connectivity index (χ0v) is 14.7. The second-order valence-electron chi connectivity index (χ2n) is 6.31. The average Bonchev–Trinajstić information content (AvgIpc) is 2.98. The highest BCUT2D eigenvalue weighted by Crippen LogP contribution is 2.20. The van der Waals surface area contributed by atoms with Crippen LogP contribution in [0.25, 0.3) is 10.9 Å². The first-order valence-corrected chi connectivity index (χ1v) is 8.28. The summed E-state index contributed by atoms with van der Waals surface area (Å²) in [6, 6.07) is 11.9. The van der Waals surface area contributed by atoms with Gasteiger partial charge in [0.15, 0.2) is 0 Å². The lowest BCUT2D eigenvalue weighted by atomic mass is 10.1. The molecule has 0 fully saturated rings. The molecule has 2 amide bonds. The van der Waals surface area contributed by atoms with Crippen molar-refractivity contribution in [3.63, 3.8) is 0 Å². The number of aromatic nitrogens is 1. The van der Waals surface area contributed by atoms with E-state index in [9.17, 15) is 14.0 Å². The summed E-state index contributed by atoms with van der Waals surface area (Å²) in [4.78, 5) is 28.2. The van der Waals surface area contributed by atoms with Crippen molar-refractivity contribution < 1.29 is 14.0 Å². The maximum absolute atomic E-state index is 13.3. The van der Waals surface area contributed by atoms with Gasteiger partial charge in [-0.05, 0) is 41.5 Å². The van der Waals surface area contributed by atoms with E-state index in [1.54, 1.807) is 24.2 Å². The van der Waals surface area contributed by atoms with Crippen LogP contribution in [-0.4, -0.2) is 28.7 Å². The SMILES string of the molecule is CC(=O)Nc1ccc(CN(C)C(=O)Cc2c[nH]c3cc(F)ccc23)cc1. The molecule has 134 valence electrons. The number of nitrogens with one attached hydrogen (secondary N) is 2. The van der Waals surface area contributed by atoms with Gasteiger partial charge in [0, 0.05) is 43.3 Å². The summed E-state index contributed by atoms with van der Waals surface area (Å²) in [5.41, 5.74) is 3.22. The van der Waals surface area contributed by atoms with Crippen molar-refractivity contribution >= 4 is 28.4 Å². The van der Waals surface area contributed by atoms with Gasteiger partial charge in [-0.15, -0.1) is 0 Å². The van der Waals surface area contributed by atoms with Gasteiger partial charge in [-0.3, -0.25) is 9.59 Å². The van der Waals surface area contributed by atoms with Gasteiger partial charge in [-0.2, -0.15) is 0 Å². The lowest BCUT2D eigenvalue weighted by Crippen LogP contribution is -2.27. The third-order valence-corrected chi connectivity index (χ3v) is 4.19. The van der Waals surface area contributed by atoms with Crippen LogP contribution < -0.4 is 5.32 Å². The van der Waals surface area contributed by atoms with Gasteiger partial charge >= 0.3 is 0 Å². The number of hydrogen-bond donors (Lipinski definition) is 2. The van der Waals surface area contributed by atoms with Crippen LogP contribution in [-0.2, 0) is 22.6 Å². The van der Waals surface area contributed by atoms with Crippen molar-refractivity contribution in [2.75, 3.05) is 12.4 Å². The highest BCUT2D eigenvalue weighted by Gasteiger charge is 2.13. The molecule has 0 bridgehead atoms. The van der Waals surface area contributed by atoms with Crippen molar-refractivity contribution in [2.24, 2.45) is 0 Å². The summed E-state index contributed by atoms with van der Waals surface area (Å²) in [6.45, 7) is 1.93. The van der Waals surface area contributed by atoms with Crippen LogP contribution in [0.3, 0.4) is 0 Å². The molecule has 0 unspecified atom stereocenters. The Balaban J connectivity index is 1.64. The molecule has 5 nitrogen and oxygen atoms in total. The quantitative estimate of drug-likeness (QED) is 0.738. The van der Waals surface area contributed by atoms with Gasteiger partial charge in [-0.1, -0.05) is 12.1 Å². The third-order valence-electron chi connectivity index (χ3n) is 4.19. The zero-order valence-electron chi connectivity index (χ0n) is 14.7. The summed E-state index contributed by atoms with van der Waals surface area (Å²) in [5.74, 6) is -0.457. The maximum Gasteiger partial charge on any atom is 0.227 e. The number of rotatable bonds is 5. The molecule has 2 N–H and O–H groups in total. The van der Waals surface area contributed by atoms with E-state index in [0.717, 1.165) is 22.2 Å². The molecule has 1 aromatic heterocycles. The van der Waals surface area contributed by atoms with E-state index in [-0.39, 0.29) is 24.1 Å². The molecule has 3 aromatic rings. The van der Waals surface area contributed by atoms with Gasteiger partial charge in [0.2, 0.25) is 11.8 Å². The lowest BCUT2D eigenvalue weighted by molar-refractivity contribution is -0.129. The van der Waals surface area contributed by atoms with E-state index in [0.29, 0.717) is 12.1 Å². The number of amides is 2. The zero-order chi connectivity index (χ0) is 18.7. The van der Waals surface area contributed by atoms with Crippen molar-refractivity contribution in [1.29, 1.82) is 0 Å². The van der Waals surface area contributed by atoms with Gasteiger partial charge in [-0.25, -0.2) is 4.39 Å². The Hall–Kier alpha value is -3.15. The first-order chi connectivity index (χ1) is 12.4. The topological polar surface area (TPSA) is 65.2 Å². The van der Waals surface area contributed by atoms with Crippen LogP contribution in [0.2, 0.25) is 0 Å². The molecule has 2 aromatic carbocycles. The second-order valence-corrected chi connectivity index (χ2v) is 6.31. The van der Waals surface area contributed by atoms with Crippen LogP contribution in [0.15, 0.2) is 48.7 Å². The van der Waals surface area contributed by atoms with Crippen molar-refractivity contribution in [3.05, 3.63) is 65.6 Å². The fraction of sp³-hybridized carbons (Fsp3) is 0.200. The van der Waals surface area contributed by atoms with E-state index in [4.69, 9.17) is 0 Å². The van der Waals surface area contributed by atoms with Gasteiger partial charge in [0.05, 0.1) is 6.42 Å². The molecule has 26 heavy (non-hydrogen) atoms. The molecule has 0 aliphatic rings. The lowest BCUT2D eigenvalue weighted by Gasteiger charge is -2.17. The van der Waals surface area contributed by atoms with E-state index in [1.165, 1.54) is 19.1 Å². The van der Waals surface area contributed by atoms with Crippen LogP contribution >= 0.6 is 0 Å². The van der Waals surface area contributed by atoms with Gasteiger partial charge < -0.3 is 15.2 Å². The van der Waals surface area contributed by atoms with Crippen molar-refractivity contribution in [1.82, 2.24) is 9.88 Å². The molecule has 0 aliphatic carbocycles. The highest BCUT2D eigenvalue weighted by atomic mass is 19.1. The van der Waals surface area contributed by atoms with Crippen LogP contribution in [0.1, 0.15) is 18.1 Å². The predicted octanol–water partition coefficient (Wildman–Crippen LogP) is 3.47.